The number of halogens is 2. The van der Waals surface area contributed by atoms with Gasteiger partial charge in [0, 0.05) is 42.0 Å². The minimum atomic E-state index is -0.187. The Hall–Kier alpha value is -1.30. The fourth-order valence-corrected chi connectivity index (χ4v) is 3.33. The van der Waals surface area contributed by atoms with Crippen LogP contribution in [-0.2, 0) is 6.42 Å². The van der Waals surface area contributed by atoms with Gasteiger partial charge in [0.1, 0.15) is 5.82 Å². The highest BCUT2D eigenvalue weighted by Gasteiger charge is 2.26. The van der Waals surface area contributed by atoms with Gasteiger partial charge in [0.05, 0.1) is 0 Å². The molecule has 1 fully saturated rings. The Kier molecular flexibility index (Phi) is 4.86. The van der Waals surface area contributed by atoms with Crippen LogP contribution in [0, 0.1) is 5.82 Å². The molecule has 0 saturated carbocycles. The van der Waals surface area contributed by atoms with Crippen molar-refractivity contribution in [3.8, 4) is 0 Å². The third kappa shape index (κ3) is 3.72. The molecule has 1 saturated heterocycles. The van der Waals surface area contributed by atoms with Gasteiger partial charge in [-0.25, -0.2) is 4.39 Å². The minimum Gasteiger partial charge on any atom is -0.307 e. The first kappa shape index (κ1) is 15.6. The minimum absolute atomic E-state index is 0.187. The van der Waals surface area contributed by atoms with E-state index in [2.05, 4.69) is 44.2 Å². The molecule has 0 radical (unpaired) electrons. The number of nitrogens with zero attached hydrogens (tertiary/aromatic N) is 2. The molecule has 0 spiro atoms. The van der Waals surface area contributed by atoms with Crippen molar-refractivity contribution in [2.45, 2.75) is 18.5 Å². The van der Waals surface area contributed by atoms with E-state index >= 15 is 0 Å². The van der Waals surface area contributed by atoms with E-state index < -0.39 is 0 Å². The Morgan fingerprint density at radius 1 is 1.32 bits per heavy atom. The summed E-state index contributed by atoms with van der Waals surface area (Å²) < 4.78 is 14.0. The van der Waals surface area contributed by atoms with Gasteiger partial charge in [-0.3, -0.25) is 9.88 Å². The van der Waals surface area contributed by atoms with Gasteiger partial charge in [-0.15, -0.1) is 0 Å². The van der Waals surface area contributed by atoms with Crippen LogP contribution in [0.5, 0.6) is 0 Å². The molecule has 2 atom stereocenters. The molecule has 3 rings (SSSR count). The summed E-state index contributed by atoms with van der Waals surface area (Å²) in [4.78, 5) is 6.59. The van der Waals surface area contributed by atoms with Crippen molar-refractivity contribution >= 4 is 15.9 Å². The first-order valence-corrected chi connectivity index (χ1v) is 8.19. The van der Waals surface area contributed by atoms with Crippen molar-refractivity contribution in [3.05, 3.63) is 64.1 Å². The summed E-state index contributed by atoms with van der Waals surface area (Å²) in [5.74, 6) is -0.187. The molecule has 0 aliphatic carbocycles. The maximum Gasteiger partial charge on any atom is 0.123 e. The van der Waals surface area contributed by atoms with E-state index in [0.29, 0.717) is 6.04 Å². The average molecular weight is 364 g/mol. The largest absolute Gasteiger partial charge is 0.307 e. The van der Waals surface area contributed by atoms with E-state index in [4.69, 9.17) is 0 Å². The average Bonchev–Trinajstić information content (AvgIpc) is 2.50. The smallest absolute Gasteiger partial charge is 0.123 e. The zero-order chi connectivity index (χ0) is 15.5. The van der Waals surface area contributed by atoms with E-state index in [1.54, 1.807) is 6.20 Å². The molecule has 1 N–H and O–H groups in total. The molecule has 1 aliphatic rings. The zero-order valence-corrected chi connectivity index (χ0v) is 14.1. The molecule has 2 unspecified atom stereocenters. The lowest BCUT2D eigenvalue weighted by atomic mass is 9.99. The number of likely N-dealkylation sites (N-methyl/N-ethyl adjacent to an activating group) is 1. The van der Waals surface area contributed by atoms with Crippen molar-refractivity contribution in [2.75, 3.05) is 20.1 Å². The van der Waals surface area contributed by atoms with E-state index in [0.717, 1.165) is 29.5 Å². The van der Waals surface area contributed by atoms with Gasteiger partial charge in [-0.05, 0) is 58.7 Å². The molecule has 1 aromatic heterocycles. The van der Waals surface area contributed by atoms with Crippen LogP contribution in [0.15, 0.2) is 47.2 Å². The molecule has 1 aromatic carbocycles. The SMILES string of the molecule is CN1CC(c2ccc(F)cc2)NCC1Cc1cncc(Br)c1. The Morgan fingerprint density at radius 3 is 2.77 bits per heavy atom. The second kappa shape index (κ2) is 6.86. The Morgan fingerprint density at radius 2 is 2.09 bits per heavy atom. The topological polar surface area (TPSA) is 28.2 Å². The molecule has 3 nitrogen and oxygen atoms in total. The fraction of sp³-hybridized carbons (Fsp3) is 0.353. The summed E-state index contributed by atoms with van der Waals surface area (Å²) in [7, 11) is 2.15. The Balaban J connectivity index is 1.63. The van der Waals surface area contributed by atoms with Crippen LogP contribution in [0.1, 0.15) is 17.2 Å². The van der Waals surface area contributed by atoms with Gasteiger partial charge in [0.15, 0.2) is 0 Å². The van der Waals surface area contributed by atoms with Crippen molar-refractivity contribution in [1.82, 2.24) is 15.2 Å². The predicted octanol–water partition coefficient (Wildman–Crippen LogP) is 3.17. The number of hydrogen-bond acceptors (Lipinski definition) is 3. The van der Waals surface area contributed by atoms with Crippen molar-refractivity contribution in [1.29, 1.82) is 0 Å². The number of aromatic nitrogens is 1. The van der Waals surface area contributed by atoms with Crippen LogP contribution in [0.25, 0.3) is 0 Å². The number of nitrogens with one attached hydrogen (secondary N) is 1. The standard InChI is InChI=1S/C17H19BrFN3/c1-22-11-17(13-2-4-15(19)5-3-13)21-10-16(22)7-12-6-14(18)9-20-8-12/h2-6,8-9,16-17,21H,7,10-11H2,1H3. The van der Waals surface area contributed by atoms with Crippen LogP contribution < -0.4 is 5.32 Å². The van der Waals surface area contributed by atoms with E-state index in [1.165, 1.54) is 17.7 Å². The Labute approximate surface area is 138 Å². The Bertz CT molecular complexity index is 632. The summed E-state index contributed by atoms with van der Waals surface area (Å²) in [5, 5.41) is 3.57. The fourth-order valence-electron chi connectivity index (χ4n) is 2.92. The molecule has 0 bridgehead atoms. The summed E-state index contributed by atoms with van der Waals surface area (Å²) in [6, 6.07) is 9.58. The van der Waals surface area contributed by atoms with Crippen molar-refractivity contribution < 1.29 is 4.39 Å². The van der Waals surface area contributed by atoms with E-state index in [1.807, 2.05) is 18.3 Å². The van der Waals surface area contributed by atoms with Crippen LogP contribution in [0.4, 0.5) is 4.39 Å². The second-order valence-corrected chi connectivity index (χ2v) is 6.74. The molecule has 2 aromatic rings. The monoisotopic (exact) mass is 363 g/mol. The third-order valence-corrected chi connectivity index (χ3v) is 4.63. The maximum absolute atomic E-state index is 13.0. The van der Waals surface area contributed by atoms with Crippen molar-refractivity contribution in [3.63, 3.8) is 0 Å². The molecule has 5 heteroatoms. The lowest BCUT2D eigenvalue weighted by Crippen LogP contribution is -2.51. The van der Waals surface area contributed by atoms with Crippen LogP contribution in [-0.4, -0.2) is 36.1 Å². The molecule has 1 aliphatic heterocycles. The summed E-state index contributed by atoms with van der Waals surface area (Å²) in [6.07, 6.45) is 4.69. The van der Waals surface area contributed by atoms with Gasteiger partial charge < -0.3 is 5.32 Å². The third-order valence-electron chi connectivity index (χ3n) is 4.20. The van der Waals surface area contributed by atoms with Gasteiger partial charge in [0.2, 0.25) is 0 Å². The molecule has 22 heavy (non-hydrogen) atoms. The summed E-state index contributed by atoms with van der Waals surface area (Å²) in [5.41, 5.74) is 2.36. The van der Waals surface area contributed by atoms with Gasteiger partial charge in [0.25, 0.3) is 0 Å². The highest BCUT2D eigenvalue weighted by Crippen LogP contribution is 2.21. The molecular formula is C17H19BrFN3. The maximum atomic E-state index is 13.0. The number of rotatable bonds is 3. The summed E-state index contributed by atoms with van der Waals surface area (Å²) in [6.45, 7) is 1.82. The lowest BCUT2D eigenvalue weighted by molar-refractivity contribution is 0.162. The quantitative estimate of drug-likeness (QED) is 0.907. The number of benzene rings is 1. The first-order valence-electron chi connectivity index (χ1n) is 7.40. The second-order valence-electron chi connectivity index (χ2n) is 5.82. The molecule has 0 amide bonds. The molecular weight excluding hydrogens is 345 g/mol. The number of hydrogen-bond donors (Lipinski definition) is 1. The highest BCUT2D eigenvalue weighted by molar-refractivity contribution is 9.10. The summed E-state index contributed by atoms with van der Waals surface area (Å²) >= 11 is 3.47. The zero-order valence-electron chi connectivity index (χ0n) is 12.5. The van der Waals surface area contributed by atoms with Crippen LogP contribution in [0.3, 0.4) is 0 Å². The van der Waals surface area contributed by atoms with Gasteiger partial charge in [-0.2, -0.15) is 0 Å². The van der Waals surface area contributed by atoms with Crippen molar-refractivity contribution in [2.24, 2.45) is 0 Å². The van der Waals surface area contributed by atoms with E-state index in [9.17, 15) is 4.39 Å². The molecule has 116 valence electrons. The highest BCUT2D eigenvalue weighted by atomic mass is 79.9. The van der Waals surface area contributed by atoms with Crippen LogP contribution in [0.2, 0.25) is 0 Å². The molecule has 2 heterocycles. The first-order chi connectivity index (χ1) is 10.6. The van der Waals surface area contributed by atoms with E-state index in [-0.39, 0.29) is 11.9 Å². The van der Waals surface area contributed by atoms with Crippen LogP contribution >= 0.6 is 15.9 Å². The van der Waals surface area contributed by atoms with Gasteiger partial charge in [-0.1, -0.05) is 12.1 Å². The number of pyridine rings is 1. The predicted molar refractivity (Wildman–Crippen MR) is 89.2 cm³/mol. The number of piperazine rings is 1. The normalized spacial score (nSPS) is 22.7. The van der Waals surface area contributed by atoms with Gasteiger partial charge >= 0.3 is 0 Å². The lowest BCUT2D eigenvalue weighted by Gasteiger charge is -2.38.